The highest BCUT2D eigenvalue weighted by atomic mass is 16.6. The number of nitriles is 1. The first-order valence-electron chi connectivity index (χ1n) is 7.44. The van der Waals surface area contributed by atoms with E-state index in [4.69, 9.17) is 14.7 Å². The van der Waals surface area contributed by atoms with Crippen LogP contribution in [0.15, 0.2) is 42.5 Å². The Hall–Kier alpha value is -2.80. The molecular formula is C19H19NO3. The average Bonchev–Trinajstić information content (AvgIpc) is 2.53. The van der Waals surface area contributed by atoms with Crippen LogP contribution in [0.5, 0.6) is 11.5 Å². The van der Waals surface area contributed by atoms with E-state index in [9.17, 15) is 4.79 Å². The lowest BCUT2D eigenvalue weighted by Crippen LogP contribution is -2.18. The van der Waals surface area contributed by atoms with Crippen molar-refractivity contribution in [3.05, 3.63) is 59.2 Å². The van der Waals surface area contributed by atoms with E-state index in [2.05, 4.69) is 13.8 Å². The highest BCUT2D eigenvalue weighted by Crippen LogP contribution is 2.27. The van der Waals surface area contributed by atoms with Crippen LogP contribution in [0.3, 0.4) is 0 Å². The van der Waals surface area contributed by atoms with Crippen LogP contribution in [0.25, 0.3) is 0 Å². The second kappa shape index (κ2) is 7.46. The van der Waals surface area contributed by atoms with Crippen molar-refractivity contribution < 1.29 is 14.3 Å². The Bertz CT molecular complexity index is 745. The van der Waals surface area contributed by atoms with Crippen molar-refractivity contribution in [2.24, 2.45) is 0 Å². The molecule has 0 aliphatic rings. The van der Waals surface area contributed by atoms with Gasteiger partial charge in [-0.3, -0.25) is 0 Å². The Morgan fingerprint density at radius 3 is 2.61 bits per heavy atom. The van der Waals surface area contributed by atoms with E-state index in [1.165, 1.54) is 0 Å². The van der Waals surface area contributed by atoms with Crippen molar-refractivity contribution in [2.45, 2.75) is 26.7 Å². The van der Waals surface area contributed by atoms with Crippen LogP contribution in [0.1, 0.15) is 36.5 Å². The molecule has 0 bridgehead atoms. The summed E-state index contributed by atoms with van der Waals surface area (Å²) in [5, 5.41) is 8.99. The van der Waals surface area contributed by atoms with Gasteiger partial charge in [-0.25, -0.2) is 4.79 Å². The Morgan fingerprint density at radius 1 is 1.17 bits per heavy atom. The van der Waals surface area contributed by atoms with E-state index in [0.717, 1.165) is 11.1 Å². The minimum absolute atomic E-state index is 0.205. The van der Waals surface area contributed by atoms with Gasteiger partial charge >= 0.3 is 5.97 Å². The van der Waals surface area contributed by atoms with Gasteiger partial charge in [0.2, 0.25) is 0 Å². The third-order valence-corrected chi connectivity index (χ3v) is 3.37. The molecule has 0 heterocycles. The van der Waals surface area contributed by atoms with Gasteiger partial charge in [0, 0.05) is 0 Å². The Balaban J connectivity index is 2.05. The molecule has 0 aliphatic carbocycles. The number of ether oxygens (including phenoxy) is 2. The minimum Gasteiger partial charge on any atom is -0.482 e. The van der Waals surface area contributed by atoms with Gasteiger partial charge < -0.3 is 9.47 Å². The molecule has 2 aromatic carbocycles. The molecule has 0 aromatic heterocycles. The van der Waals surface area contributed by atoms with Crippen LogP contribution in [0, 0.1) is 18.3 Å². The zero-order chi connectivity index (χ0) is 16.8. The summed E-state index contributed by atoms with van der Waals surface area (Å²) >= 11 is 0. The smallest absolute Gasteiger partial charge is 0.349 e. The predicted molar refractivity (Wildman–Crippen MR) is 87.6 cm³/mol. The number of benzene rings is 2. The fraction of sp³-hybridized carbons (Fsp3) is 0.263. The molecule has 0 unspecified atom stereocenters. The molecule has 0 aliphatic heterocycles. The first-order chi connectivity index (χ1) is 11.0. The van der Waals surface area contributed by atoms with E-state index < -0.39 is 5.97 Å². The summed E-state index contributed by atoms with van der Waals surface area (Å²) in [5.41, 5.74) is 2.42. The van der Waals surface area contributed by atoms with Gasteiger partial charge in [-0.15, -0.1) is 0 Å². The van der Waals surface area contributed by atoms with Crippen molar-refractivity contribution in [2.75, 3.05) is 6.61 Å². The van der Waals surface area contributed by atoms with E-state index in [1.54, 1.807) is 24.3 Å². The van der Waals surface area contributed by atoms with Crippen molar-refractivity contribution in [3.8, 4) is 17.6 Å². The van der Waals surface area contributed by atoms with Gasteiger partial charge in [-0.1, -0.05) is 38.1 Å². The summed E-state index contributed by atoms with van der Waals surface area (Å²) in [5.74, 6) is 0.687. The Morgan fingerprint density at radius 2 is 1.91 bits per heavy atom. The standard InChI is InChI=1S/C19H19NO3/c1-13(2)16-9-8-14(3)10-18(16)22-12-19(21)23-17-7-5-4-6-15(17)11-20/h4-10,13H,12H2,1-3H3. The lowest BCUT2D eigenvalue weighted by Gasteiger charge is -2.14. The first kappa shape index (κ1) is 16.6. The van der Waals surface area contributed by atoms with Crippen molar-refractivity contribution in [1.29, 1.82) is 5.26 Å². The van der Waals surface area contributed by atoms with Gasteiger partial charge in [-0.2, -0.15) is 5.26 Å². The number of carbonyl (C=O) groups excluding carboxylic acids is 1. The Labute approximate surface area is 136 Å². The zero-order valence-electron chi connectivity index (χ0n) is 13.5. The summed E-state index contributed by atoms with van der Waals surface area (Å²) < 4.78 is 10.8. The number of para-hydroxylation sites is 1. The number of nitrogens with zero attached hydrogens (tertiary/aromatic N) is 1. The molecule has 23 heavy (non-hydrogen) atoms. The second-order valence-electron chi connectivity index (χ2n) is 5.57. The van der Waals surface area contributed by atoms with Crippen LogP contribution >= 0.6 is 0 Å². The highest BCUT2D eigenvalue weighted by molar-refractivity contribution is 5.74. The summed E-state index contributed by atoms with van der Waals surface area (Å²) in [7, 11) is 0. The lowest BCUT2D eigenvalue weighted by atomic mass is 10.0. The topological polar surface area (TPSA) is 59.3 Å². The summed E-state index contributed by atoms with van der Waals surface area (Å²) in [6, 6.07) is 14.5. The van der Waals surface area contributed by atoms with Crippen molar-refractivity contribution >= 4 is 5.97 Å². The summed E-state index contributed by atoms with van der Waals surface area (Å²) in [6.07, 6.45) is 0. The normalized spacial score (nSPS) is 10.2. The third-order valence-electron chi connectivity index (χ3n) is 3.37. The molecule has 0 amide bonds. The molecule has 0 saturated carbocycles. The summed E-state index contributed by atoms with van der Waals surface area (Å²) in [6.45, 7) is 5.90. The lowest BCUT2D eigenvalue weighted by molar-refractivity contribution is -0.136. The first-order valence-corrected chi connectivity index (χ1v) is 7.44. The van der Waals surface area contributed by atoms with Crippen LogP contribution in [-0.2, 0) is 4.79 Å². The average molecular weight is 309 g/mol. The van der Waals surface area contributed by atoms with Crippen LogP contribution < -0.4 is 9.47 Å². The van der Waals surface area contributed by atoms with E-state index in [-0.39, 0.29) is 12.4 Å². The van der Waals surface area contributed by atoms with E-state index in [0.29, 0.717) is 17.2 Å². The molecule has 0 fully saturated rings. The van der Waals surface area contributed by atoms with Crippen LogP contribution in [0.4, 0.5) is 0 Å². The largest absolute Gasteiger partial charge is 0.482 e. The SMILES string of the molecule is Cc1ccc(C(C)C)c(OCC(=O)Oc2ccccc2C#N)c1. The number of aryl methyl sites for hydroxylation is 1. The van der Waals surface area contributed by atoms with E-state index >= 15 is 0 Å². The fourth-order valence-electron chi connectivity index (χ4n) is 2.18. The monoisotopic (exact) mass is 309 g/mol. The van der Waals surface area contributed by atoms with E-state index in [1.807, 2.05) is 31.2 Å². The molecule has 0 spiro atoms. The molecule has 0 saturated heterocycles. The van der Waals surface area contributed by atoms with Gasteiger partial charge in [-0.05, 0) is 42.2 Å². The van der Waals surface area contributed by atoms with Gasteiger partial charge in [0.15, 0.2) is 6.61 Å². The number of hydrogen-bond donors (Lipinski definition) is 0. The molecule has 4 nitrogen and oxygen atoms in total. The molecule has 2 rings (SSSR count). The number of hydrogen-bond acceptors (Lipinski definition) is 4. The van der Waals surface area contributed by atoms with Gasteiger partial charge in [0.05, 0.1) is 5.56 Å². The molecule has 118 valence electrons. The zero-order valence-corrected chi connectivity index (χ0v) is 13.5. The molecule has 0 N–H and O–H groups in total. The fourth-order valence-corrected chi connectivity index (χ4v) is 2.18. The predicted octanol–water partition coefficient (Wildman–Crippen LogP) is 3.97. The molecular weight excluding hydrogens is 290 g/mol. The number of rotatable bonds is 5. The molecule has 2 aromatic rings. The molecule has 4 heteroatoms. The molecule has 0 radical (unpaired) electrons. The Kier molecular flexibility index (Phi) is 5.37. The third kappa shape index (κ3) is 4.33. The number of esters is 1. The van der Waals surface area contributed by atoms with Crippen LogP contribution in [0.2, 0.25) is 0 Å². The van der Waals surface area contributed by atoms with Crippen molar-refractivity contribution in [1.82, 2.24) is 0 Å². The van der Waals surface area contributed by atoms with Gasteiger partial charge in [0.25, 0.3) is 0 Å². The highest BCUT2D eigenvalue weighted by Gasteiger charge is 2.13. The minimum atomic E-state index is -0.538. The number of carbonyl (C=O) groups is 1. The van der Waals surface area contributed by atoms with Crippen molar-refractivity contribution in [3.63, 3.8) is 0 Å². The quantitative estimate of drug-likeness (QED) is 0.619. The maximum Gasteiger partial charge on any atom is 0.349 e. The van der Waals surface area contributed by atoms with Crippen LogP contribution in [-0.4, -0.2) is 12.6 Å². The maximum atomic E-state index is 12.0. The second-order valence-corrected chi connectivity index (χ2v) is 5.57. The van der Waals surface area contributed by atoms with Gasteiger partial charge in [0.1, 0.15) is 17.6 Å². The summed E-state index contributed by atoms with van der Waals surface area (Å²) in [4.78, 5) is 12.0. The maximum absolute atomic E-state index is 12.0. The molecule has 0 atom stereocenters.